The Morgan fingerprint density at radius 2 is 2.11 bits per heavy atom. The van der Waals surface area contributed by atoms with Crippen molar-refractivity contribution < 1.29 is 0 Å². The SMILES string of the molecule is Cc1cc(=O)n2[nH]c(-c3ccc(Br)c(N)c3)nc2n1. The molecular formula is C12H10BrN5O. The lowest BCUT2D eigenvalue weighted by Crippen LogP contribution is -2.14. The van der Waals surface area contributed by atoms with Crippen molar-refractivity contribution in [1.29, 1.82) is 0 Å². The summed E-state index contributed by atoms with van der Waals surface area (Å²) in [6.45, 7) is 1.76. The van der Waals surface area contributed by atoms with Gasteiger partial charge in [0.2, 0.25) is 0 Å². The van der Waals surface area contributed by atoms with Crippen LogP contribution in [0.5, 0.6) is 0 Å². The van der Waals surface area contributed by atoms with Crippen molar-refractivity contribution in [3.63, 3.8) is 0 Å². The molecule has 0 aliphatic carbocycles. The number of rotatable bonds is 1. The molecule has 2 heterocycles. The number of anilines is 1. The molecule has 19 heavy (non-hydrogen) atoms. The standard InChI is InChI=1S/C12H10BrN5O/c1-6-4-10(19)18-12(15-6)16-11(17-18)7-2-3-8(13)9(14)5-7/h2-5H,14H2,1H3,(H,15,16,17). The highest BCUT2D eigenvalue weighted by Crippen LogP contribution is 2.25. The lowest BCUT2D eigenvalue weighted by molar-refractivity contribution is 0.892. The average molecular weight is 320 g/mol. The third-order valence-corrected chi connectivity index (χ3v) is 3.45. The van der Waals surface area contributed by atoms with Gasteiger partial charge >= 0.3 is 0 Å². The molecule has 0 unspecified atom stereocenters. The van der Waals surface area contributed by atoms with E-state index >= 15 is 0 Å². The summed E-state index contributed by atoms with van der Waals surface area (Å²) in [5.41, 5.74) is 7.68. The molecule has 0 aliphatic rings. The predicted octanol–water partition coefficient (Wildman–Crippen LogP) is 1.74. The molecular weight excluding hydrogens is 310 g/mol. The van der Waals surface area contributed by atoms with Crippen LogP contribution in [-0.2, 0) is 0 Å². The highest BCUT2D eigenvalue weighted by Gasteiger charge is 2.09. The molecule has 6 nitrogen and oxygen atoms in total. The van der Waals surface area contributed by atoms with Crippen molar-refractivity contribution in [3.05, 3.63) is 44.8 Å². The number of hydrogen-bond donors (Lipinski definition) is 2. The van der Waals surface area contributed by atoms with Gasteiger partial charge in [0.25, 0.3) is 11.3 Å². The Balaban J connectivity index is 2.23. The second kappa shape index (κ2) is 4.20. The van der Waals surface area contributed by atoms with Gasteiger partial charge in [0.05, 0.1) is 0 Å². The quantitative estimate of drug-likeness (QED) is 0.668. The lowest BCUT2D eigenvalue weighted by atomic mass is 10.2. The van der Waals surface area contributed by atoms with E-state index in [2.05, 4.69) is 31.0 Å². The summed E-state index contributed by atoms with van der Waals surface area (Å²) >= 11 is 3.33. The molecule has 7 heteroatoms. The number of aromatic nitrogens is 4. The van der Waals surface area contributed by atoms with E-state index in [0.717, 1.165) is 10.0 Å². The molecule has 96 valence electrons. The molecule has 0 radical (unpaired) electrons. The Morgan fingerprint density at radius 3 is 2.84 bits per heavy atom. The van der Waals surface area contributed by atoms with Crippen LogP contribution >= 0.6 is 15.9 Å². The van der Waals surface area contributed by atoms with E-state index in [4.69, 9.17) is 5.73 Å². The highest BCUT2D eigenvalue weighted by atomic mass is 79.9. The number of nitrogens with two attached hydrogens (primary N) is 1. The molecule has 3 rings (SSSR count). The molecule has 1 aromatic carbocycles. The predicted molar refractivity (Wildman–Crippen MR) is 75.9 cm³/mol. The third-order valence-electron chi connectivity index (χ3n) is 2.73. The van der Waals surface area contributed by atoms with Crippen molar-refractivity contribution in [2.75, 3.05) is 5.73 Å². The van der Waals surface area contributed by atoms with Crippen molar-refractivity contribution >= 4 is 27.4 Å². The molecule has 2 aromatic heterocycles. The van der Waals surface area contributed by atoms with E-state index in [0.29, 0.717) is 23.0 Å². The van der Waals surface area contributed by atoms with Crippen LogP contribution in [0.25, 0.3) is 17.2 Å². The summed E-state index contributed by atoms with van der Waals surface area (Å²) < 4.78 is 2.12. The van der Waals surface area contributed by atoms with Crippen molar-refractivity contribution in [2.45, 2.75) is 6.92 Å². The number of aryl methyl sites for hydroxylation is 1. The Hall–Kier alpha value is -2.15. The van der Waals surface area contributed by atoms with E-state index in [1.165, 1.54) is 10.6 Å². The van der Waals surface area contributed by atoms with E-state index in [1.54, 1.807) is 13.0 Å². The summed E-state index contributed by atoms with van der Waals surface area (Å²) in [6, 6.07) is 6.92. The Bertz CT molecular complexity index is 836. The third kappa shape index (κ3) is 2.01. The zero-order valence-electron chi connectivity index (χ0n) is 10.0. The summed E-state index contributed by atoms with van der Waals surface area (Å²) in [5.74, 6) is 0.899. The van der Waals surface area contributed by atoms with Crippen LogP contribution in [0, 0.1) is 6.92 Å². The minimum Gasteiger partial charge on any atom is -0.398 e. The first-order chi connectivity index (χ1) is 9.04. The zero-order valence-corrected chi connectivity index (χ0v) is 11.6. The minimum atomic E-state index is -0.189. The normalized spacial score (nSPS) is 11.1. The van der Waals surface area contributed by atoms with Crippen LogP contribution < -0.4 is 11.3 Å². The molecule has 0 amide bonds. The number of benzene rings is 1. The molecule has 0 saturated carbocycles. The Morgan fingerprint density at radius 1 is 1.32 bits per heavy atom. The van der Waals surface area contributed by atoms with Crippen LogP contribution in [0.3, 0.4) is 0 Å². The number of nitrogens with one attached hydrogen (secondary N) is 1. The average Bonchev–Trinajstić information content (AvgIpc) is 2.76. The molecule has 3 N–H and O–H groups in total. The lowest BCUT2D eigenvalue weighted by Gasteiger charge is -2.00. The Labute approximate surface area is 116 Å². The molecule has 0 saturated heterocycles. The highest BCUT2D eigenvalue weighted by molar-refractivity contribution is 9.10. The van der Waals surface area contributed by atoms with Crippen LogP contribution in [0.15, 0.2) is 33.5 Å². The van der Waals surface area contributed by atoms with Gasteiger partial charge in [-0.3, -0.25) is 9.89 Å². The monoisotopic (exact) mass is 319 g/mol. The molecule has 0 fully saturated rings. The second-order valence-electron chi connectivity index (χ2n) is 4.18. The fourth-order valence-corrected chi connectivity index (χ4v) is 2.06. The van der Waals surface area contributed by atoms with Crippen molar-refractivity contribution in [2.24, 2.45) is 0 Å². The van der Waals surface area contributed by atoms with Gasteiger partial charge in [0.15, 0.2) is 5.82 Å². The Kier molecular flexibility index (Phi) is 2.63. The first-order valence-electron chi connectivity index (χ1n) is 5.56. The molecule has 0 spiro atoms. The summed E-state index contributed by atoms with van der Waals surface area (Å²) in [7, 11) is 0. The van der Waals surface area contributed by atoms with Gasteiger partial charge < -0.3 is 5.73 Å². The first kappa shape index (κ1) is 11.9. The maximum atomic E-state index is 11.8. The van der Waals surface area contributed by atoms with Gasteiger partial charge in [-0.2, -0.15) is 9.50 Å². The van der Waals surface area contributed by atoms with Gasteiger partial charge in [-0.1, -0.05) is 0 Å². The zero-order chi connectivity index (χ0) is 13.6. The number of hydrogen-bond acceptors (Lipinski definition) is 4. The van der Waals surface area contributed by atoms with Crippen molar-refractivity contribution in [3.8, 4) is 11.4 Å². The summed E-state index contributed by atoms with van der Waals surface area (Å²) in [6.07, 6.45) is 0. The van der Waals surface area contributed by atoms with E-state index < -0.39 is 0 Å². The number of H-pyrrole nitrogens is 1. The number of aromatic amines is 1. The van der Waals surface area contributed by atoms with Crippen LogP contribution in [0.1, 0.15) is 5.69 Å². The first-order valence-corrected chi connectivity index (χ1v) is 6.36. The summed E-state index contributed by atoms with van der Waals surface area (Å²) in [5, 5.41) is 2.91. The van der Waals surface area contributed by atoms with Gasteiger partial charge in [0.1, 0.15) is 0 Å². The fourth-order valence-electron chi connectivity index (χ4n) is 1.81. The second-order valence-corrected chi connectivity index (χ2v) is 5.03. The van der Waals surface area contributed by atoms with Gasteiger partial charge in [-0.25, -0.2) is 4.98 Å². The molecule has 0 atom stereocenters. The number of nitrogens with zero attached hydrogens (tertiary/aromatic N) is 3. The number of halogens is 1. The number of fused-ring (bicyclic) bond motifs is 1. The molecule has 3 aromatic rings. The van der Waals surface area contributed by atoms with Gasteiger partial charge in [-0.15, -0.1) is 0 Å². The van der Waals surface area contributed by atoms with Crippen LogP contribution in [0.2, 0.25) is 0 Å². The van der Waals surface area contributed by atoms with Crippen molar-refractivity contribution in [1.82, 2.24) is 19.6 Å². The minimum absolute atomic E-state index is 0.189. The molecule has 0 aliphatic heterocycles. The van der Waals surface area contributed by atoms with Crippen LogP contribution in [-0.4, -0.2) is 19.6 Å². The largest absolute Gasteiger partial charge is 0.398 e. The number of nitrogen functional groups attached to an aromatic ring is 1. The van der Waals surface area contributed by atoms with Gasteiger partial charge in [0, 0.05) is 27.5 Å². The van der Waals surface area contributed by atoms with E-state index in [9.17, 15) is 4.79 Å². The maximum Gasteiger partial charge on any atom is 0.274 e. The van der Waals surface area contributed by atoms with E-state index in [1.807, 2.05) is 12.1 Å². The van der Waals surface area contributed by atoms with Crippen LogP contribution in [0.4, 0.5) is 5.69 Å². The molecule has 0 bridgehead atoms. The fraction of sp³-hybridized carbons (Fsp3) is 0.0833. The summed E-state index contributed by atoms with van der Waals surface area (Å²) in [4.78, 5) is 20.3. The maximum absolute atomic E-state index is 11.8. The van der Waals surface area contributed by atoms with Gasteiger partial charge in [-0.05, 0) is 41.1 Å². The van der Waals surface area contributed by atoms with E-state index in [-0.39, 0.29) is 5.56 Å². The topological polar surface area (TPSA) is 89.1 Å². The smallest absolute Gasteiger partial charge is 0.274 e.